The summed E-state index contributed by atoms with van der Waals surface area (Å²) in [6.07, 6.45) is 5.60. The van der Waals surface area contributed by atoms with E-state index in [9.17, 15) is 0 Å². The van der Waals surface area contributed by atoms with Crippen LogP contribution in [0.5, 0.6) is 0 Å². The van der Waals surface area contributed by atoms with Crippen LogP contribution in [0.3, 0.4) is 0 Å². The highest BCUT2D eigenvalue weighted by Gasteiger charge is 2.17. The molecule has 5 heteroatoms. The average molecular weight is 285 g/mol. The topological polar surface area (TPSA) is 46.0 Å². The Hall–Kier alpha value is -1.72. The minimum atomic E-state index is 0.641. The molecule has 0 amide bonds. The third kappa shape index (κ3) is 3.68. The van der Waals surface area contributed by atoms with Gasteiger partial charge in [0.25, 0.3) is 0 Å². The van der Waals surface area contributed by atoms with Crippen molar-refractivity contribution in [3.05, 3.63) is 42.2 Å². The van der Waals surface area contributed by atoms with Gasteiger partial charge in [-0.05, 0) is 51.5 Å². The number of hydrogen-bond donors (Lipinski definition) is 1. The van der Waals surface area contributed by atoms with Crippen molar-refractivity contribution in [2.24, 2.45) is 0 Å². The Bertz CT molecular complexity index is 543. The highest BCUT2D eigenvalue weighted by molar-refractivity contribution is 5.28. The molecule has 1 saturated heterocycles. The molecule has 3 rings (SSSR count). The Morgan fingerprint density at radius 3 is 2.95 bits per heavy atom. The molecule has 0 saturated carbocycles. The Morgan fingerprint density at radius 1 is 1.24 bits per heavy atom. The van der Waals surface area contributed by atoms with Crippen molar-refractivity contribution in [2.75, 3.05) is 20.1 Å². The average Bonchev–Trinajstić information content (AvgIpc) is 2.81. The predicted molar refractivity (Wildman–Crippen MR) is 83.3 cm³/mol. The largest absolute Gasteiger partial charge is 0.317 e. The van der Waals surface area contributed by atoms with E-state index in [1.54, 1.807) is 4.80 Å². The van der Waals surface area contributed by atoms with Crippen molar-refractivity contribution >= 4 is 0 Å². The fourth-order valence-electron chi connectivity index (χ4n) is 2.88. The molecule has 5 nitrogen and oxygen atoms in total. The Morgan fingerprint density at radius 2 is 2.10 bits per heavy atom. The number of para-hydroxylation sites is 1. The summed E-state index contributed by atoms with van der Waals surface area (Å²) in [6.45, 7) is 3.12. The second-order valence-electron chi connectivity index (χ2n) is 5.71. The van der Waals surface area contributed by atoms with Gasteiger partial charge < -0.3 is 5.32 Å². The zero-order valence-corrected chi connectivity index (χ0v) is 12.6. The first-order valence-electron chi connectivity index (χ1n) is 7.70. The molecular weight excluding hydrogens is 262 g/mol. The molecule has 1 fully saturated rings. The van der Waals surface area contributed by atoms with Crippen LogP contribution in [-0.4, -0.2) is 46.1 Å². The maximum absolute atomic E-state index is 4.59. The Kier molecular flexibility index (Phi) is 4.62. The Labute approximate surface area is 126 Å². The summed E-state index contributed by atoms with van der Waals surface area (Å²) in [7, 11) is 2.19. The molecule has 1 aliphatic heterocycles. The van der Waals surface area contributed by atoms with Crippen LogP contribution < -0.4 is 5.32 Å². The normalized spacial score (nSPS) is 19.6. The van der Waals surface area contributed by atoms with E-state index in [0.29, 0.717) is 6.04 Å². The summed E-state index contributed by atoms with van der Waals surface area (Å²) < 4.78 is 0. The molecule has 21 heavy (non-hydrogen) atoms. The lowest BCUT2D eigenvalue weighted by atomic mass is 10.1. The van der Waals surface area contributed by atoms with E-state index in [-0.39, 0.29) is 0 Å². The summed E-state index contributed by atoms with van der Waals surface area (Å²) >= 11 is 0. The maximum atomic E-state index is 4.59. The van der Waals surface area contributed by atoms with Gasteiger partial charge in [-0.3, -0.25) is 4.90 Å². The van der Waals surface area contributed by atoms with Gasteiger partial charge in [-0.1, -0.05) is 18.2 Å². The molecule has 1 aliphatic rings. The van der Waals surface area contributed by atoms with Gasteiger partial charge in [0, 0.05) is 12.6 Å². The van der Waals surface area contributed by atoms with Crippen molar-refractivity contribution in [3.8, 4) is 5.69 Å². The second-order valence-corrected chi connectivity index (χ2v) is 5.71. The van der Waals surface area contributed by atoms with Crippen LogP contribution in [-0.2, 0) is 6.54 Å². The van der Waals surface area contributed by atoms with Crippen molar-refractivity contribution in [2.45, 2.75) is 31.8 Å². The highest BCUT2D eigenvalue weighted by atomic mass is 15.5. The highest BCUT2D eigenvalue weighted by Crippen LogP contribution is 2.14. The summed E-state index contributed by atoms with van der Waals surface area (Å²) in [5.74, 6) is 0. The second kappa shape index (κ2) is 6.83. The van der Waals surface area contributed by atoms with Gasteiger partial charge >= 0.3 is 0 Å². The number of nitrogens with zero attached hydrogens (tertiary/aromatic N) is 4. The number of rotatable bonds is 4. The summed E-state index contributed by atoms with van der Waals surface area (Å²) in [6, 6.07) is 10.7. The van der Waals surface area contributed by atoms with Gasteiger partial charge in [-0.25, -0.2) is 0 Å². The quantitative estimate of drug-likeness (QED) is 0.931. The molecule has 112 valence electrons. The summed E-state index contributed by atoms with van der Waals surface area (Å²) in [5.41, 5.74) is 2.03. The van der Waals surface area contributed by atoms with E-state index < -0.39 is 0 Å². The fraction of sp³-hybridized carbons (Fsp3) is 0.500. The van der Waals surface area contributed by atoms with E-state index in [1.807, 2.05) is 36.5 Å². The first-order chi connectivity index (χ1) is 10.3. The van der Waals surface area contributed by atoms with E-state index >= 15 is 0 Å². The lowest BCUT2D eigenvalue weighted by molar-refractivity contribution is 0.214. The Balaban J connectivity index is 1.64. The van der Waals surface area contributed by atoms with Crippen molar-refractivity contribution in [3.63, 3.8) is 0 Å². The van der Waals surface area contributed by atoms with Gasteiger partial charge in [-0.2, -0.15) is 15.0 Å². The van der Waals surface area contributed by atoms with Crippen molar-refractivity contribution in [1.82, 2.24) is 25.2 Å². The number of hydrogen-bond acceptors (Lipinski definition) is 4. The van der Waals surface area contributed by atoms with E-state index in [1.165, 1.54) is 19.3 Å². The molecule has 0 aliphatic carbocycles. The molecule has 2 aromatic rings. The van der Waals surface area contributed by atoms with Crippen LogP contribution in [0.4, 0.5) is 0 Å². The van der Waals surface area contributed by atoms with Crippen LogP contribution in [0.1, 0.15) is 25.0 Å². The van der Waals surface area contributed by atoms with Crippen molar-refractivity contribution in [1.29, 1.82) is 0 Å². The van der Waals surface area contributed by atoms with Crippen LogP contribution in [0.25, 0.3) is 5.69 Å². The van der Waals surface area contributed by atoms with E-state index in [4.69, 9.17) is 0 Å². The zero-order valence-electron chi connectivity index (χ0n) is 12.6. The summed E-state index contributed by atoms with van der Waals surface area (Å²) in [5, 5.41) is 12.4. The van der Waals surface area contributed by atoms with Gasteiger partial charge in [0.2, 0.25) is 0 Å². The number of nitrogens with one attached hydrogen (secondary N) is 1. The third-order valence-electron chi connectivity index (χ3n) is 4.11. The monoisotopic (exact) mass is 285 g/mol. The molecule has 1 aromatic carbocycles. The van der Waals surface area contributed by atoms with Gasteiger partial charge in [0.05, 0.1) is 17.6 Å². The van der Waals surface area contributed by atoms with Gasteiger partial charge in [-0.15, -0.1) is 0 Å². The molecule has 1 unspecified atom stereocenters. The van der Waals surface area contributed by atoms with Crippen LogP contribution in [0.2, 0.25) is 0 Å². The minimum absolute atomic E-state index is 0.641. The van der Waals surface area contributed by atoms with Crippen LogP contribution in [0, 0.1) is 0 Å². The maximum Gasteiger partial charge on any atom is 0.0971 e. The minimum Gasteiger partial charge on any atom is -0.317 e. The lowest BCUT2D eigenvalue weighted by Crippen LogP contribution is -2.32. The SMILES string of the molecule is CN(Cc1cnn(-c2ccccc2)n1)C1CCCNCC1. The standard InChI is InChI=1S/C16H23N5/c1-20(15-8-5-10-17-11-9-15)13-14-12-18-21(19-14)16-6-3-2-4-7-16/h2-4,6-7,12,15,17H,5,8-11,13H2,1H3. The lowest BCUT2D eigenvalue weighted by Gasteiger charge is -2.25. The molecule has 1 N–H and O–H groups in total. The molecule has 2 heterocycles. The summed E-state index contributed by atoms with van der Waals surface area (Å²) in [4.78, 5) is 4.12. The first-order valence-corrected chi connectivity index (χ1v) is 7.70. The smallest absolute Gasteiger partial charge is 0.0971 e. The predicted octanol–water partition coefficient (Wildman–Crippen LogP) is 1.84. The van der Waals surface area contributed by atoms with Crippen LogP contribution >= 0.6 is 0 Å². The molecule has 0 radical (unpaired) electrons. The molecule has 1 aromatic heterocycles. The fourth-order valence-corrected chi connectivity index (χ4v) is 2.88. The number of benzene rings is 1. The zero-order chi connectivity index (χ0) is 14.5. The molecular formula is C16H23N5. The van der Waals surface area contributed by atoms with E-state index in [0.717, 1.165) is 31.0 Å². The van der Waals surface area contributed by atoms with Crippen molar-refractivity contribution < 1.29 is 0 Å². The number of aromatic nitrogens is 3. The molecule has 0 spiro atoms. The van der Waals surface area contributed by atoms with Gasteiger partial charge in [0.1, 0.15) is 0 Å². The molecule has 1 atom stereocenters. The first kappa shape index (κ1) is 14.2. The third-order valence-corrected chi connectivity index (χ3v) is 4.11. The van der Waals surface area contributed by atoms with Crippen LogP contribution in [0.15, 0.2) is 36.5 Å². The van der Waals surface area contributed by atoms with E-state index in [2.05, 4.69) is 27.5 Å². The molecule has 0 bridgehead atoms. The van der Waals surface area contributed by atoms with Gasteiger partial charge in [0.15, 0.2) is 0 Å².